The normalized spacial score (nSPS) is 13.8. The molecule has 4 heterocycles. The Labute approximate surface area is 538 Å². The van der Waals surface area contributed by atoms with E-state index in [1.807, 2.05) is 127 Å². The molecule has 15 heteroatoms. The van der Waals surface area contributed by atoms with Crippen LogP contribution >= 0.6 is 23.2 Å². The van der Waals surface area contributed by atoms with E-state index in [0.717, 1.165) is 113 Å². The molecule has 0 saturated carbocycles. The van der Waals surface area contributed by atoms with Crippen LogP contribution in [-0.2, 0) is 9.31 Å². The van der Waals surface area contributed by atoms with Gasteiger partial charge in [0.2, 0.25) is 11.4 Å². The van der Waals surface area contributed by atoms with Crippen molar-refractivity contribution < 1.29 is 23.5 Å². The number of nitriles is 2. The van der Waals surface area contributed by atoms with Crippen molar-refractivity contribution >= 4 is 98.3 Å². The van der Waals surface area contributed by atoms with E-state index < -0.39 is 0 Å². The number of anilines is 9. The second-order valence-electron chi connectivity index (χ2n) is 22.5. The summed E-state index contributed by atoms with van der Waals surface area (Å²) in [4.78, 5) is 13.5. The Hall–Kier alpha value is -11.3. The van der Waals surface area contributed by atoms with Crippen LogP contribution in [0.2, 0.25) is 10.0 Å². The lowest BCUT2D eigenvalue weighted by Crippen LogP contribution is -2.41. The average Bonchev–Trinajstić information content (AvgIpc) is 1.94. The molecular formula is C76H52BCl2N7O5. The molecule has 15 rings (SSSR count). The fourth-order valence-electron chi connectivity index (χ4n) is 11.3. The van der Waals surface area contributed by atoms with E-state index in [2.05, 4.69) is 167 Å². The zero-order valence-electron chi connectivity index (χ0n) is 49.6. The number of halogens is 2. The number of hydrogen-bond acceptors (Lipinski definition) is 10. The molecule has 0 aliphatic carbocycles. The monoisotopic (exact) mass is 1220 g/mol. The second-order valence-corrected chi connectivity index (χ2v) is 23.4. The lowest BCUT2D eigenvalue weighted by molar-refractivity contribution is 0.00578. The third-order valence-corrected chi connectivity index (χ3v) is 17.2. The first kappa shape index (κ1) is 58.7. The fraction of sp³-hybridized carbons (Fsp3) is 0.0789. The molecule has 0 N–H and O–H groups in total. The molecule has 1 fully saturated rings. The zero-order valence-corrected chi connectivity index (χ0v) is 51.1. The van der Waals surface area contributed by atoms with E-state index in [0.29, 0.717) is 21.3 Å². The van der Waals surface area contributed by atoms with E-state index in [9.17, 15) is 5.26 Å². The molecule has 4 aliphatic rings. The summed E-state index contributed by atoms with van der Waals surface area (Å²) in [5.41, 5.74) is 14.0. The molecule has 11 aromatic rings. The average molecular weight is 1230 g/mol. The van der Waals surface area contributed by atoms with Gasteiger partial charge in [0.15, 0.2) is 34.5 Å². The van der Waals surface area contributed by atoms with Crippen molar-refractivity contribution in [2.45, 2.75) is 38.9 Å². The first-order valence-corrected chi connectivity index (χ1v) is 29.9. The topological polar surface area (TPSA) is 112 Å². The quantitative estimate of drug-likeness (QED) is 0.118. The van der Waals surface area contributed by atoms with Crippen LogP contribution in [0, 0.1) is 35.8 Å². The summed E-state index contributed by atoms with van der Waals surface area (Å²) in [5.74, 6) is 4.86. The van der Waals surface area contributed by atoms with Crippen molar-refractivity contribution in [1.29, 1.82) is 10.5 Å². The van der Waals surface area contributed by atoms with Crippen LogP contribution in [0.4, 0.5) is 62.6 Å². The highest BCUT2D eigenvalue weighted by Crippen LogP contribution is 2.54. The molecule has 0 bridgehead atoms. The van der Waals surface area contributed by atoms with Gasteiger partial charge in [-0.15, -0.1) is 0 Å². The van der Waals surface area contributed by atoms with Crippen LogP contribution in [-0.4, -0.2) is 18.3 Å². The van der Waals surface area contributed by atoms with Gasteiger partial charge in [0.25, 0.3) is 0 Å². The lowest BCUT2D eigenvalue weighted by Gasteiger charge is -2.33. The van der Waals surface area contributed by atoms with Crippen molar-refractivity contribution in [2.75, 3.05) is 14.7 Å². The van der Waals surface area contributed by atoms with Crippen LogP contribution in [0.15, 0.2) is 243 Å². The number of hydrogen-bond donors (Lipinski definition) is 0. The Morgan fingerprint density at radius 1 is 0.385 bits per heavy atom. The molecular weight excluding hydrogens is 1170 g/mol. The Kier molecular flexibility index (Phi) is 15.7. The third kappa shape index (κ3) is 11.2. The summed E-state index contributed by atoms with van der Waals surface area (Å²) < 4.78 is 30.9. The third-order valence-electron chi connectivity index (χ3n) is 16.5. The molecule has 0 unspecified atom stereocenters. The van der Waals surface area contributed by atoms with E-state index >= 15 is 0 Å². The Balaban J connectivity index is 0.000000154. The minimum Gasteiger partial charge on any atom is -0.453 e. The molecule has 438 valence electrons. The molecule has 1 saturated heterocycles. The molecule has 91 heavy (non-hydrogen) atoms. The highest BCUT2D eigenvalue weighted by Gasteiger charge is 2.51. The first-order chi connectivity index (χ1) is 44.2. The number of nitrogens with zero attached hydrogens (tertiary/aromatic N) is 7. The fourth-order valence-corrected chi connectivity index (χ4v) is 11.6. The minimum atomic E-state index is -0.363. The number of para-hydroxylation sites is 12. The maximum Gasteiger partial charge on any atom is 0.494 e. The van der Waals surface area contributed by atoms with Gasteiger partial charge in [-0.1, -0.05) is 132 Å². The van der Waals surface area contributed by atoms with Crippen molar-refractivity contribution in [3.8, 4) is 68.9 Å². The van der Waals surface area contributed by atoms with E-state index in [1.165, 1.54) is 12.1 Å². The molecule has 12 nitrogen and oxygen atoms in total. The van der Waals surface area contributed by atoms with Crippen LogP contribution in [0.3, 0.4) is 0 Å². The second kappa shape index (κ2) is 24.4. The van der Waals surface area contributed by atoms with Crippen molar-refractivity contribution in [1.82, 2.24) is 0 Å². The smallest absolute Gasteiger partial charge is 0.453 e. The van der Waals surface area contributed by atoms with E-state index in [1.54, 1.807) is 0 Å². The highest BCUT2D eigenvalue weighted by molar-refractivity contribution is 6.62. The van der Waals surface area contributed by atoms with Crippen molar-refractivity contribution in [2.24, 2.45) is 0 Å². The molecule has 0 aromatic heterocycles. The van der Waals surface area contributed by atoms with E-state index in [4.69, 9.17) is 65.1 Å². The largest absolute Gasteiger partial charge is 0.494 e. The van der Waals surface area contributed by atoms with Crippen LogP contribution in [0.25, 0.3) is 31.9 Å². The van der Waals surface area contributed by atoms with Gasteiger partial charge in [-0.2, -0.15) is 10.5 Å². The van der Waals surface area contributed by atoms with Gasteiger partial charge in [-0.3, -0.25) is 0 Å². The molecule has 0 atom stereocenters. The van der Waals surface area contributed by atoms with E-state index in [-0.39, 0.29) is 29.6 Å². The van der Waals surface area contributed by atoms with Gasteiger partial charge in [-0.05, 0) is 189 Å². The van der Waals surface area contributed by atoms with Crippen molar-refractivity contribution in [3.63, 3.8) is 0 Å². The van der Waals surface area contributed by atoms with Gasteiger partial charge in [0.05, 0.1) is 86.8 Å². The van der Waals surface area contributed by atoms with Gasteiger partial charge >= 0.3 is 7.12 Å². The number of fused-ring (bicyclic) bond motifs is 6. The minimum absolute atomic E-state index is 0.229. The van der Waals surface area contributed by atoms with Crippen LogP contribution < -0.4 is 34.4 Å². The van der Waals surface area contributed by atoms with Gasteiger partial charge in [0, 0.05) is 22.1 Å². The molecule has 11 aromatic carbocycles. The summed E-state index contributed by atoms with van der Waals surface area (Å²) >= 11 is 11.3. The van der Waals surface area contributed by atoms with Crippen molar-refractivity contribution in [3.05, 3.63) is 287 Å². The molecule has 0 spiro atoms. The number of rotatable bonds is 6. The Morgan fingerprint density at radius 3 is 1.00 bits per heavy atom. The number of benzene rings is 11. The summed E-state index contributed by atoms with van der Waals surface area (Å²) in [6, 6.07) is 83.8. The maximum absolute atomic E-state index is 10.00. The predicted octanol–water partition coefficient (Wildman–Crippen LogP) is 21.6. The van der Waals surface area contributed by atoms with Gasteiger partial charge < -0.3 is 38.2 Å². The SMILES string of the molecule is CC1(C)OB(c2ccc(N3c4ccccc4Oc4ccccc43)cc2)OC1(C)C.[C-]#[N+]c1cc(-c2ccc(N3c4ccccc4Oc4ccccc43)cc2)c(-c2ccc(N3c4ccccc4Oc4ccccc43)cc2)cc1C#N.[C-]#[N+]c1cc(Cl)c(Cl)cc1C#N. The Bertz CT molecular complexity index is 4450. The van der Waals surface area contributed by atoms with Gasteiger partial charge in [0.1, 0.15) is 0 Å². The summed E-state index contributed by atoms with van der Waals surface area (Å²) in [6.45, 7) is 22.8. The first-order valence-electron chi connectivity index (χ1n) is 29.1. The lowest BCUT2D eigenvalue weighted by atomic mass is 9.79. The number of ether oxygens (including phenoxy) is 3. The summed E-state index contributed by atoms with van der Waals surface area (Å²) in [5, 5.41) is 19.2. The Morgan fingerprint density at radius 2 is 0.670 bits per heavy atom. The molecule has 4 aliphatic heterocycles. The zero-order chi connectivity index (χ0) is 63.0. The highest BCUT2D eigenvalue weighted by atomic mass is 35.5. The maximum atomic E-state index is 10.00. The van der Waals surface area contributed by atoms with Gasteiger partial charge in [-0.25, -0.2) is 9.69 Å². The summed E-state index contributed by atoms with van der Waals surface area (Å²) in [7, 11) is -0.363. The molecule has 0 radical (unpaired) electrons. The summed E-state index contributed by atoms with van der Waals surface area (Å²) in [6.07, 6.45) is 0. The van der Waals surface area contributed by atoms with Crippen LogP contribution in [0.5, 0.6) is 34.5 Å². The standard InChI is InChI=1S/C44H26N4O2.C24H24BNO3.C8H2Cl2N2/c1-46-36-27-35(30-20-24-33(25-21-30)48-39-12-4-8-16-43(39)50-44-17-9-5-13-40(44)48)34(26-31(36)28-45)29-18-22-32(23-19-29)47-37-10-2-6-14-41(37)49-42-15-7-3-11-38(42)47;1-23(2)24(3,4)29-25(28-23)17-13-15-18(16-14-17)26-19-9-5-7-11-21(19)27-22-12-8-6-10-20(22)26;1-12-8-3-7(10)6(9)2-5(8)4-11/h2-27H;5-16H,1-4H3;2-3H. The molecule has 0 amide bonds. The predicted molar refractivity (Wildman–Crippen MR) is 362 cm³/mol. The van der Waals surface area contributed by atoms with Crippen LogP contribution in [0.1, 0.15) is 38.8 Å².